The summed E-state index contributed by atoms with van der Waals surface area (Å²) in [6.45, 7) is 3.77. The molecule has 1 heteroatoms. The lowest BCUT2D eigenvalue weighted by molar-refractivity contribution is 1.34. The average molecular weight is 97.2 g/mol. The van der Waals surface area contributed by atoms with Crippen molar-refractivity contribution in [1.82, 2.24) is 0 Å². The zero-order chi connectivity index (χ0) is 5.70. The molecule has 0 aromatic carbocycles. The second-order valence-electron chi connectivity index (χ2n) is 1.55. The molecule has 0 amide bonds. The number of rotatable bonds is 2. The molecule has 0 unspecified atom stereocenters. The largest absolute Gasteiger partial charge is 0.310 e. The Morgan fingerprint density at radius 3 is 2.43 bits per heavy atom. The molecule has 7 heavy (non-hydrogen) atoms. The summed E-state index contributed by atoms with van der Waals surface area (Å²) in [5.74, 6) is 0. The maximum absolute atomic E-state index is 6.95. The minimum Gasteiger partial charge on any atom is -0.310 e. The third-order valence-electron chi connectivity index (χ3n) is 0.660. The Labute approximate surface area is 44.6 Å². The van der Waals surface area contributed by atoms with E-state index in [0.717, 1.165) is 12.1 Å². The lowest BCUT2D eigenvalue weighted by Gasteiger charge is -1.82. The lowest BCUT2D eigenvalue weighted by atomic mass is 10.3. The molecule has 0 aromatic heterocycles. The summed E-state index contributed by atoms with van der Waals surface area (Å²) in [5, 5.41) is 6.95. The second kappa shape index (κ2) is 3.59. The predicted octanol–water partition coefficient (Wildman–Crippen LogP) is 1.99. The van der Waals surface area contributed by atoms with Gasteiger partial charge < -0.3 is 5.41 Å². The fourth-order valence-corrected chi connectivity index (χ4v) is 0.295. The standard InChI is InChI=1S/C6H11N/c1-3-4-5-6(2)7/h3-4,7H,5H2,1-2H3/b4-3+,7-6?. The van der Waals surface area contributed by atoms with Crippen molar-refractivity contribution < 1.29 is 0 Å². The summed E-state index contributed by atoms with van der Waals surface area (Å²) in [5.41, 5.74) is 0.720. The Balaban J connectivity index is 3.14. The molecule has 0 radical (unpaired) electrons. The van der Waals surface area contributed by atoms with Crippen LogP contribution < -0.4 is 0 Å². The molecule has 0 spiro atoms. The fourth-order valence-electron chi connectivity index (χ4n) is 0.295. The van der Waals surface area contributed by atoms with Crippen molar-refractivity contribution >= 4 is 5.71 Å². The van der Waals surface area contributed by atoms with Gasteiger partial charge in [-0.15, -0.1) is 0 Å². The Morgan fingerprint density at radius 1 is 1.71 bits per heavy atom. The van der Waals surface area contributed by atoms with Crippen molar-refractivity contribution in [2.75, 3.05) is 0 Å². The molecule has 0 saturated heterocycles. The van der Waals surface area contributed by atoms with E-state index < -0.39 is 0 Å². The zero-order valence-electron chi connectivity index (χ0n) is 4.86. The van der Waals surface area contributed by atoms with Crippen molar-refractivity contribution in [2.24, 2.45) is 0 Å². The van der Waals surface area contributed by atoms with E-state index in [2.05, 4.69) is 0 Å². The van der Waals surface area contributed by atoms with E-state index in [1.54, 1.807) is 6.92 Å². The van der Waals surface area contributed by atoms with Crippen LogP contribution in [0.25, 0.3) is 0 Å². The van der Waals surface area contributed by atoms with Gasteiger partial charge in [-0.25, -0.2) is 0 Å². The summed E-state index contributed by atoms with van der Waals surface area (Å²) in [6, 6.07) is 0. The fraction of sp³-hybridized carbons (Fsp3) is 0.500. The second-order valence-corrected chi connectivity index (χ2v) is 1.55. The molecule has 0 fully saturated rings. The summed E-state index contributed by atoms with van der Waals surface area (Å²) in [4.78, 5) is 0. The van der Waals surface area contributed by atoms with E-state index in [0.29, 0.717) is 0 Å². The SMILES string of the molecule is C/C=C/CC(C)=N. The van der Waals surface area contributed by atoms with E-state index >= 15 is 0 Å². The van der Waals surface area contributed by atoms with Crippen LogP contribution in [0.3, 0.4) is 0 Å². The third kappa shape index (κ3) is 5.41. The van der Waals surface area contributed by atoms with E-state index in [9.17, 15) is 0 Å². The van der Waals surface area contributed by atoms with Crippen LogP contribution in [0.4, 0.5) is 0 Å². The van der Waals surface area contributed by atoms with Gasteiger partial charge in [0, 0.05) is 12.1 Å². The molecule has 0 rings (SSSR count). The van der Waals surface area contributed by atoms with Crippen LogP contribution >= 0.6 is 0 Å². The number of hydrogen-bond acceptors (Lipinski definition) is 1. The van der Waals surface area contributed by atoms with E-state index in [4.69, 9.17) is 5.41 Å². The molecule has 0 aliphatic carbocycles. The average Bonchev–Trinajstić information content (AvgIpc) is 1.61. The summed E-state index contributed by atoms with van der Waals surface area (Å²) < 4.78 is 0. The highest BCUT2D eigenvalue weighted by Gasteiger charge is 1.76. The molecule has 0 atom stereocenters. The Bertz CT molecular complexity index is 82.2. The number of allylic oxidation sites excluding steroid dienone is 2. The van der Waals surface area contributed by atoms with Crippen LogP contribution in [0.5, 0.6) is 0 Å². The summed E-state index contributed by atoms with van der Waals surface area (Å²) in [7, 11) is 0. The first-order valence-corrected chi connectivity index (χ1v) is 2.42. The van der Waals surface area contributed by atoms with Gasteiger partial charge in [0.1, 0.15) is 0 Å². The molecule has 0 heterocycles. The van der Waals surface area contributed by atoms with Crippen LogP contribution in [-0.4, -0.2) is 5.71 Å². The quantitative estimate of drug-likeness (QED) is 0.402. The molecule has 1 N–H and O–H groups in total. The first kappa shape index (κ1) is 6.41. The molecule has 0 aliphatic rings. The highest BCUT2D eigenvalue weighted by atomic mass is 14.4. The van der Waals surface area contributed by atoms with Crippen LogP contribution in [0.1, 0.15) is 20.3 Å². The normalized spacial score (nSPS) is 10.0. The van der Waals surface area contributed by atoms with Gasteiger partial charge in [0.2, 0.25) is 0 Å². The minimum absolute atomic E-state index is 0.720. The molecule has 0 saturated carbocycles. The maximum Gasteiger partial charge on any atom is 0.00958 e. The van der Waals surface area contributed by atoms with Gasteiger partial charge >= 0.3 is 0 Å². The third-order valence-corrected chi connectivity index (χ3v) is 0.660. The first-order valence-electron chi connectivity index (χ1n) is 2.42. The van der Waals surface area contributed by atoms with Crippen molar-refractivity contribution in [3.8, 4) is 0 Å². The van der Waals surface area contributed by atoms with Gasteiger partial charge in [0.15, 0.2) is 0 Å². The molecule has 1 nitrogen and oxygen atoms in total. The van der Waals surface area contributed by atoms with Gasteiger partial charge in [-0.3, -0.25) is 0 Å². The van der Waals surface area contributed by atoms with E-state index in [1.807, 2.05) is 19.1 Å². The van der Waals surface area contributed by atoms with Gasteiger partial charge in [-0.2, -0.15) is 0 Å². The molecule has 0 bridgehead atoms. The first-order chi connectivity index (χ1) is 3.27. The molecule has 0 aromatic rings. The predicted molar refractivity (Wildman–Crippen MR) is 32.8 cm³/mol. The Kier molecular flexibility index (Phi) is 3.29. The number of nitrogens with one attached hydrogen (secondary N) is 1. The summed E-state index contributed by atoms with van der Waals surface area (Å²) >= 11 is 0. The smallest absolute Gasteiger partial charge is 0.00958 e. The Hall–Kier alpha value is -0.590. The van der Waals surface area contributed by atoms with Gasteiger partial charge in [-0.05, 0) is 13.8 Å². The van der Waals surface area contributed by atoms with Gasteiger partial charge in [0.05, 0.1) is 0 Å². The topological polar surface area (TPSA) is 23.9 Å². The minimum atomic E-state index is 0.720. The molecule has 0 aliphatic heterocycles. The van der Waals surface area contributed by atoms with Crippen LogP contribution in [0.15, 0.2) is 12.2 Å². The number of hydrogen-bond donors (Lipinski definition) is 1. The molecular formula is C6H11N. The van der Waals surface area contributed by atoms with Crippen molar-refractivity contribution in [1.29, 1.82) is 5.41 Å². The van der Waals surface area contributed by atoms with Crippen molar-refractivity contribution in [2.45, 2.75) is 20.3 Å². The van der Waals surface area contributed by atoms with Crippen LogP contribution in [-0.2, 0) is 0 Å². The Morgan fingerprint density at radius 2 is 2.29 bits per heavy atom. The van der Waals surface area contributed by atoms with Crippen LogP contribution in [0.2, 0.25) is 0 Å². The lowest BCUT2D eigenvalue weighted by Crippen LogP contribution is -1.81. The van der Waals surface area contributed by atoms with E-state index in [1.165, 1.54) is 0 Å². The van der Waals surface area contributed by atoms with Crippen molar-refractivity contribution in [3.63, 3.8) is 0 Å². The molecule has 40 valence electrons. The highest BCUT2D eigenvalue weighted by molar-refractivity contribution is 5.79. The summed E-state index contributed by atoms with van der Waals surface area (Å²) in [6.07, 6.45) is 4.73. The monoisotopic (exact) mass is 97.1 g/mol. The van der Waals surface area contributed by atoms with Gasteiger partial charge in [0.25, 0.3) is 0 Å². The maximum atomic E-state index is 6.95. The highest BCUT2D eigenvalue weighted by Crippen LogP contribution is 1.82. The van der Waals surface area contributed by atoms with Gasteiger partial charge in [-0.1, -0.05) is 12.2 Å². The van der Waals surface area contributed by atoms with Crippen LogP contribution in [0, 0.1) is 5.41 Å². The van der Waals surface area contributed by atoms with Crippen molar-refractivity contribution in [3.05, 3.63) is 12.2 Å². The molecular weight excluding hydrogens is 86.1 g/mol. The zero-order valence-corrected chi connectivity index (χ0v) is 4.86. The van der Waals surface area contributed by atoms with E-state index in [-0.39, 0.29) is 0 Å².